The summed E-state index contributed by atoms with van der Waals surface area (Å²) in [5.74, 6) is -1.22. The Morgan fingerprint density at radius 3 is 2.68 bits per heavy atom. The summed E-state index contributed by atoms with van der Waals surface area (Å²) < 4.78 is 13.0. The van der Waals surface area contributed by atoms with Crippen molar-refractivity contribution in [2.75, 3.05) is 6.54 Å². The summed E-state index contributed by atoms with van der Waals surface area (Å²) in [7, 11) is 0. The van der Waals surface area contributed by atoms with Crippen molar-refractivity contribution in [2.24, 2.45) is 0 Å². The minimum absolute atomic E-state index is 0.00162. The van der Waals surface area contributed by atoms with Crippen LogP contribution in [0.15, 0.2) is 18.2 Å². The lowest BCUT2D eigenvalue weighted by Gasteiger charge is -2.27. The molecule has 0 aromatic heterocycles. The molecule has 1 fully saturated rings. The smallest absolute Gasteiger partial charge is 0.317 e. The molecule has 1 aromatic carbocycles. The van der Waals surface area contributed by atoms with Crippen LogP contribution in [0, 0.1) is 5.82 Å². The first-order chi connectivity index (χ1) is 9.06. The van der Waals surface area contributed by atoms with Crippen molar-refractivity contribution in [3.8, 4) is 0 Å². The molecule has 5 heteroatoms. The average Bonchev–Trinajstić information content (AvgIpc) is 2.84. The van der Waals surface area contributed by atoms with E-state index in [1.807, 2.05) is 4.90 Å². The summed E-state index contributed by atoms with van der Waals surface area (Å²) in [4.78, 5) is 12.9. The minimum atomic E-state index is -0.842. The number of hydrogen-bond acceptors (Lipinski definition) is 2. The fourth-order valence-corrected chi connectivity index (χ4v) is 2.85. The zero-order valence-electron chi connectivity index (χ0n) is 10.6. The lowest BCUT2D eigenvalue weighted by molar-refractivity contribution is -0.139. The lowest BCUT2D eigenvalue weighted by atomic mass is 10.1. The molecule has 1 aromatic rings. The lowest BCUT2D eigenvalue weighted by Crippen LogP contribution is -2.37. The number of carbonyl (C=O) groups is 1. The van der Waals surface area contributed by atoms with Crippen LogP contribution in [-0.2, 0) is 11.3 Å². The van der Waals surface area contributed by atoms with Crippen LogP contribution in [0.1, 0.15) is 31.2 Å². The molecule has 0 aliphatic heterocycles. The highest BCUT2D eigenvalue weighted by Crippen LogP contribution is 2.26. The van der Waals surface area contributed by atoms with Gasteiger partial charge >= 0.3 is 5.97 Å². The molecule has 0 spiro atoms. The number of rotatable bonds is 5. The number of halogens is 2. The number of carboxylic acid groups (broad SMARTS) is 1. The molecular weight excluding hydrogens is 269 g/mol. The standard InChI is InChI=1S/C14H17ClFNO2/c15-13-7-11(16)6-5-10(13)8-17(9-14(18)19)12-3-1-2-4-12/h5-7,12H,1-4,8-9H2,(H,18,19). The average molecular weight is 286 g/mol. The second-order valence-corrected chi connectivity index (χ2v) is 5.38. The highest BCUT2D eigenvalue weighted by Gasteiger charge is 2.24. The highest BCUT2D eigenvalue weighted by molar-refractivity contribution is 6.31. The van der Waals surface area contributed by atoms with E-state index >= 15 is 0 Å². The van der Waals surface area contributed by atoms with Crippen LogP contribution in [0.3, 0.4) is 0 Å². The molecule has 0 radical (unpaired) electrons. The van der Waals surface area contributed by atoms with E-state index < -0.39 is 5.97 Å². The number of carboxylic acids is 1. The first-order valence-electron chi connectivity index (χ1n) is 6.46. The van der Waals surface area contributed by atoms with E-state index in [4.69, 9.17) is 16.7 Å². The van der Waals surface area contributed by atoms with Crippen molar-refractivity contribution < 1.29 is 14.3 Å². The molecule has 1 aliphatic carbocycles. The molecule has 1 N–H and O–H groups in total. The summed E-state index contributed by atoms with van der Waals surface area (Å²) in [5, 5.41) is 9.36. The number of benzene rings is 1. The maximum absolute atomic E-state index is 13.0. The Labute approximate surface area is 117 Å². The van der Waals surface area contributed by atoms with Crippen molar-refractivity contribution >= 4 is 17.6 Å². The van der Waals surface area contributed by atoms with E-state index in [1.54, 1.807) is 6.07 Å². The van der Waals surface area contributed by atoms with Gasteiger partial charge < -0.3 is 5.11 Å². The maximum atomic E-state index is 13.0. The van der Waals surface area contributed by atoms with Crippen LogP contribution in [0.5, 0.6) is 0 Å². The summed E-state index contributed by atoms with van der Waals surface area (Å²) in [6.45, 7) is 0.453. The third-order valence-electron chi connectivity index (χ3n) is 3.57. The second-order valence-electron chi connectivity index (χ2n) is 4.97. The number of nitrogens with zero attached hydrogens (tertiary/aromatic N) is 1. The van der Waals surface area contributed by atoms with Gasteiger partial charge in [-0.1, -0.05) is 30.5 Å². The third-order valence-corrected chi connectivity index (χ3v) is 3.92. The number of aliphatic carboxylic acids is 1. The van der Waals surface area contributed by atoms with Crippen molar-refractivity contribution in [1.29, 1.82) is 0 Å². The van der Waals surface area contributed by atoms with Gasteiger partial charge in [-0.05, 0) is 30.5 Å². The Bertz CT molecular complexity index is 461. The predicted molar refractivity (Wildman–Crippen MR) is 71.7 cm³/mol. The molecule has 0 heterocycles. The summed E-state index contributed by atoms with van der Waals surface area (Å²) in [5.41, 5.74) is 0.774. The summed E-state index contributed by atoms with van der Waals surface area (Å²) in [6, 6.07) is 4.54. The summed E-state index contributed by atoms with van der Waals surface area (Å²) >= 11 is 6.00. The van der Waals surface area contributed by atoms with E-state index in [1.165, 1.54) is 12.1 Å². The van der Waals surface area contributed by atoms with Gasteiger partial charge in [0.2, 0.25) is 0 Å². The third kappa shape index (κ3) is 3.91. The molecule has 0 unspecified atom stereocenters. The van der Waals surface area contributed by atoms with Crippen LogP contribution < -0.4 is 0 Å². The molecule has 1 saturated carbocycles. The van der Waals surface area contributed by atoms with E-state index in [0.717, 1.165) is 31.2 Å². The summed E-state index contributed by atoms with van der Waals surface area (Å²) in [6.07, 6.45) is 4.31. The Morgan fingerprint density at radius 2 is 2.11 bits per heavy atom. The maximum Gasteiger partial charge on any atom is 0.317 e. The topological polar surface area (TPSA) is 40.5 Å². The van der Waals surface area contributed by atoms with Crippen molar-refractivity contribution in [2.45, 2.75) is 38.3 Å². The van der Waals surface area contributed by atoms with Gasteiger partial charge in [-0.3, -0.25) is 9.69 Å². The largest absolute Gasteiger partial charge is 0.480 e. The van der Waals surface area contributed by atoms with Crippen molar-refractivity contribution in [1.82, 2.24) is 4.90 Å². The van der Waals surface area contributed by atoms with Crippen LogP contribution in [0.25, 0.3) is 0 Å². The minimum Gasteiger partial charge on any atom is -0.480 e. The van der Waals surface area contributed by atoms with E-state index in [-0.39, 0.29) is 18.4 Å². The first kappa shape index (κ1) is 14.3. The fraction of sp³-hybridized carbons (Fsp3) is 0.500. The van der Waals surface area contributed by atoms with Crippen LogP contribution in [-0.4, -0.2) is 28.6 Å². The quantitative estimate of drug-likeness (QED) is 0.902. The van der Waals surface area contributed by atoms with E-state index in [2.05, 4.69) is 0 Å². The molecule has 0 bridgehead atoms. The van der Waals surface area contributed by atoms with Crippen molar-refractivity contribution in [3.05, 3.63) is 34.6 Å². The first-order valence-corrected chi connectivity index (χ1v) is 6.84. The van der Waals surface area contributed by atoms with Gasteiger partial charge in [0.05, 0.1) is 6.54 Å². The molecule has 3 nitrogen and oxygen atoms in total. The van der Waals surface area contributed by atoms with Gasteiger partial charge in [-0.15, -0.1) is 0 Å². The normalized spacial score (nSPS) is 16.2. The van der Waals surface area contributed by atoms with E-state index in [0.29, 0.717) is 11.6 Å². The fourth-order valence-electron chi connectivity index (χ4n) is 2.63. The van der Waals surface area contributed by atoms with Crippen molar-refractivity contribution in [3.63, 3.8) is 0 Å². The van der Waals surface area contributed by atoms with Crippen LogP contribution in [0.2, 0.25) is 5.02 Å². The molecule has 0 atom stereocenters. The Morgan fingerprint density at radius 1 is 1.42 bits per heavy atom. The van der Waals surface area contributed by atoms with Gasteiger partial charge in [-0.2, -0.15) is 0 Å². The molecule has 104 valence electrons. The highest BCUT2D eigenvalue weighted by atomic mass is 35.5. The second kappa shape index (κ2) is 6.35. The van der Waals surface area contributed by atoms with E-state index in [9.17, 15) is 9.18 Å². The number of hydrogen-bond donors (Lipinski definition) is 1. The zero-order chi connectivity index (χ0) is 13.8. The Balaban J connectivity index is 2.12. The molecule has 19 heavy (non-hydrogen) atoms. The molecular formula is C14H17ClFNO2. The van der Waals surface area contributed by atoms with Gasteiger partial charge in [0.1, 0.15) is 5.82 Å². The molecule has 1 aliphatic rings. The SMILES string of the molecule is O=C(O)CN(Cc1ccc(F)cc1Cl)C1CCCC1. The predicted octanol–water partition coefficient (Wildman–Crippen LogP) is 3.31. The van der Waals surface area contributed by atoms with Crippen LogP contribution in [0.4, 0.5) is 4.39 Å². The molecule has 0 saturated heterocycles. The monoisotopic (exact) mass is 285 g/mol. The van der Waals surface area contributed by atoms with Gasteiger partial charge in [-0.25, -0.2) is 4.39 Å². The Hall–Kier alpha value is -1.13. The Kier molecular flexibility index (Phi) is 4.77. The van der Waals surface area contributed by atoms with Gasteiger partial charge in [0.15, 0.2) is 0 Å². The zero-order valence-corrected chi connectivity index (χ0v) is 11.4. The van der Waals surface area contributed by atoms with Crippen LogP contribution >= 0.6 is 11.6 Å². The molecule has 2 rings (SSSR count). The van der Waals surface area contributed by atoms with Gasteiger partial charge in [0.25, 0.3) is 0 Å². The molecule has 0 amide bonds. The van der Waals surface area contributed by atoms with Gasteiger partial charge in [0, 0.05) is 17.6 Å².